The largest absolute Gasteiger partial charge is 0.326 e. The molecule has 0 amide bonds. The van der Waals surface area contributed by atoms with E-state index in [1.165, 1.54) is 6.07 Å². The molecule has 2 aromatic rings. The van der Waals surface area contributed by atoms with Gasteiger partial charge in [-0.2, -0.15) is 5.10 Å². The van der Waals surface area contributed by atoms with Gasteiger partial charge in [-0.05, 0) is 44.0 Å². The van der Waals surface area contributed by atoms with Crippen molar-refractivity contribution >= 4 is 0 Å². The fourth-order valence-corrected chi connectivity index (χ4v) is 2.16. The summed E-state index contributed by atoms with van der Waals surface area (Å²) in [7, 11) is 0. The minimum atomic E-state index is -0.212. The Balaban J connectivity index is 2.37. The highest BCUT2D eigenvalue weighted by molar-refractivity contribution is 5.29. The molecule has 0 fully saturated rings. The van der Waals surface area contributed by atoms with Crippen LogP contribution in [0.15, 0.2) is 18.2 Å². The summed E-state index contributed by atoms with van der Waals surface area (Å²) in [6, 6.07) is 4.83. The zero-order chi connectivity index (χ0) is 13.3. The number of aromatic nitrogens is 2. The molecule has 0 atom stereocenters. The minimum absolute atomic E-state index is 0.212. The topological polar surface area (TPSA) is 43.8 Å². The summed E-state index contributed by atoms with van der Waals surface area (Å²) in [6.45, 7) is 6.99. The van der Waals surface area contributed by atoms with Gasteiger partial charge in [-0.3, -0.25) is 4.68 Å². The summed E-state index contributed by atoms with van der Waals surface area (Å²) in [4.78, 5) is 0. The maximum absolute atomic E-state index is 13.3. The molecule has 0 unspecified atom stereocenters. The van der Waals surface area contributed by atoms with Crippen molar-refractivity contribution in [3.63, 3.8) is 0 Å². The van der Waals surface area contributed by atoms with Crippen LogP contribution in [0.1, 0.15) is 28.1 Å². The maximum atomic E-state index is 13.3. The monoisotopic (exact) mass is 247 g/mol. The van der Waals surface area contributed by atoms with Crippen LogP contribution in [0, 0.1) is 26.6 Å². The van der Waals surface area contributed by atoms with E-state index in [1.54, 1.807) is 12.1 Å². The van der Waals surface area contributed by atoms with E-state index in [0.29, 0.717) is 13.1 Å². The SMILES string of the molecule is Cc1ccc(F)cc1Cn1nc(C)c(CN)c1C. The van der Waals surface area contributed by atoms with Gasteiger partial charge in [0.15, 0.2) is 0 Å². The van der Waals surface area contributed by atoms with Crippen LogP contribution >= 0.6 is 0 Å². The second-order valence-corrected chi connectivity index (χ2v) is 4.58. The van der Waals surface area contributed by atoms with Crippen LogP contribution in [-0.4, -0.2) is 9.78 Å². The van der Waals surface area contributed by atoms with Gasteiger partial charge in [-0.1, -0.05) is 6.07 Å². The van der Waals surface area contributed by atoms with E-state index in [2.05, 4.69) is 5.10 Å². The number of halogens is 1. The van der Waals surface area contributed by atoms with E-state index in [1.807, 2.05) is 25.5 Å². The predicted molar refractivity (Wildman–Crippen MR) is 69.8 cm³/mol. The van der Waals surface area contributed by atoms with Crippen molar-refractivity contribution in [3.8, 4) is 0 Å². The molecule has 0 aliphatic carbocycles. The average molecular weight is 247 g/mol. The molecule has 96 valence electrons. The molecular weight excluding hydrogens is 229 g/mol. The molecule has 1 heterocycles. The highest BCUT2D eigenvalue weighted by atomic mass is 19.1. The van der Waals surface area contributed by atoms with E-state index in [4.69, 9.17) is 5.73 Å². The number of nitrogens with two attached hydrogens (primary N) is 1. The van der Waals surface area contributed by atoms with Gasteiger partial charge >= 0.3 is 0 Å². The van der Waals surface area contributed by atoms with Crippen LogP contribution in [0.2, 0.25) is 0 Å². The lowest BCUT2D eigenvalue weighted by Crippen LogP contribution is -2.07. The molecule has 3 nitrogen and oxygen atoms in total. The Labute approximate surface area is 106 Å². The summed E-state index contributed by atoms with van der Waals surface area (Å²) >= 11 is 0. The smallest absolute Gasteiger partial charge is 0.123 e. The van der Waals surface area contributed by atoms with Crippen molar-refractivity contribution in [1.29, 1.82) is 0 Å². The first-order valence-corrected chi connectivity index (χ1v) is 6.01. The first kappa shape index (κ1) is 12.8. The van der Waals surface area contributed by atoms with E-state index >= 15 is 0 Å². The fraction of sp³-hybridized carbons (Fsp3) is 0.357. The maximum Gasteiger partial charge on any atom is 0.123 e. The van der Waals surface area contributed by atoms with Crippen molar-refractivity contribution in [1.82, 2.24) is 9.78 Å². The van der Waals surface area contributed by atoms with Gasteiger partial charge in [0.05, 0.1) is 12.2 Å². The third-order valence-corrected chi connectivity index (χ3v) is 3.37. The number of aryl methyl sites for hydroxylation is 2. The van der Waals surface area contributed by atoms with E-state index in [9.17, 15) is 4.39 Å². The number of hydrogen-bond donors (Lipinski definition) is 1. The Morgan fingerprint density at radius 2 is 2.00 bits per heavy atom. The quantitative estimate of drug-likeness (QED) is 0.905. The first-order chi connectivity index (χ1) is 8.52. The molecule has 2 N–H and O–H groups in total. The number of hydrogen-bond acceptors (Lipinski definition) is 2. The molecule has 0 saturated carbocycles. The van der Waals surface area contributed by atoms with E-state index < -0.39 is 0 Å². The molecule has 4 heteroatoms. The molecule has 0 spiro atoms. The molecular formula is C14H18FN3. The van der Waals surface area contributed by atoms with Crippen molar-refractivity contribution < 1.29 is 4.39 Å². The van der Waals surface area contributed by atoms with Crippen LogP contribution in [0.25, 0.3) is 0 Å². The summed E-state index contributed by atoms with van der Waals surface area (Å²) in [6.07, 6.45) is 0. The van der Waals surface area contributed by atoms with E-state index in [-0.39, 0.29) is 5.82 Å². The Morgan fingerprint density at radius 1 is 1.28 bits per heavy atom. The fourth-order valence-electron chi connectivity index (χ4n) is 2.16. The standard InChI is InChI=1S/C14H18FN3/c1-9-4-5-13(15)6-12(9)8-18-11(3)14(7-16)10(2)17-18/h4-6H,7-8,16H2,1-3H3. The molecule has 1 aromatic heterocycles. The molecule has 0 radical (unpaired) electrons. The van der Waals surface area contributed by atoms with Gasteiger partial charge in [0.1, 0.15) is 5.82 Å². The molecule has 0 aliphatic rings. The predicted octanol–water partition coefficient (Wildman–Crippen LogP) is 2.45. The van der Waals surface area contributed by atoms with Gasteiger partial charge in [-0.15, -0.1) is 0 Å². The average Bonchev–Trinajstić information content (AvgIpc) is 2.59. The molecule has 0 saturated heterocycles. The number of rotatable bonds is 3. The summed E-state index contributed by atoms with van der Waals surface area (Å²) in [5.41, 5.74) is 10.8. The van der Waals surface area contributed by atoms with Gasteiger partial charge in [0.2, 0.25) is 0 Å². The Bertz CT molecular complexity index is 573. The van der Waals surface area contributed by atoms with Gasteiger partial charge in [-0.25, -0.2) is 4.39 Å². The lowest BCUT2D eigenvalue weighted by molar-refractivity contribution is 0.614. The minimum Gasteiger partial charge on any atom is -0.326 e. The van der Waals surface area contributed by atoms with Crippen LogP contribution in [-0.2, 0) is 13.1 Å². The van der Waals surface area contributed by atoms with Crippen LogP contribution in [0.3, 0.4) is 0 Å². The van der Waals surface area contributed by atoms with Crippen molar-refractivity contribution in [3.05, 3.63) is 52.1 Å². The van der Waals surface area contributed by atoms with E-state index in [0.717, 1.165) is 28.1 Å². The highest BCUT2D eigenvalue weighted by Crippen LogP contribution is 2.16. The van der Waals surface area contributed by atoms with Crippen LogP contribution < -0.4 is 5.73 Å². The van der Waals surface area contributed by atoms with Crippen molar-refractivity contribution in [2.75, 3.05) is 0 Å². The Kier molecular flexibility index (Phi) is 3.48. The summed E-state index contributed by atoms with van der Waals surface area (Å²) in [5, 5.41) is 4.46. The molecule has 0 bridgehead atoms. The third-order valence-electron chi connectivity index (χ3n) is 3.37. The van der Waals surface area contributed by atoms with Crippen molar-refractivity contribution in [2.24, 2.45) is 5.73 Å². The summed E-state index contributed by atoms with van der Waals surface area (Å²) in [5.74, 6) is -0.212. The molecule has 0 aliphatic heterocycles. The Hall–Kier alpha value is -1.68. The second-order valence-electron chi connectivity index (χ2n) is 4.58. The highest BCUT2D eigenvalue weighted by Gasteiger charge is 2.11. The van der Waals surface area contributed by atoms with Crippen molar-refractivity contribution in [2.45, 2.75) is 33.9 Å². The van der Waals surface area contributed by atoms with Gasteiger partial charge in [0, 0.05) is 17.8 Å². The number of nitrogens with zero attached hydrogens (tertiary/aromatic N) is 2. The normalized spacial score (nSPS) is 10.9. The number of benzene rings is 1. The van der Waals surface area contributed by atoms with Crippen LogP contribution in [0.4, 0.5) is 4.39 Å². The third kappa shape index (κ3) is 2.29. The molecule has 2 rings (SSSR count). The zero-order valence-corrected chi connectivity index (χ0v) is 11.0. The Morgan fingerprint density at radius 3 is 2.61 bits per heavy atom. The van der Waals surface area contributed by atoms with Gasteiger partial charge in [0.25, 0.3) is 0 Å². The zero-order valence-electron chi connectivity index (χ0n) is 11.0. The summed E-state index contributed by atoms with van der Waals surface area (Å²) < 4.78 is 15.1. The molecule has 1 aromatic carbocycles. The lowest BCUT2D eigenvalue weighted by Gasteiger charge is -2.08. The van der Waals surface area contributed by atoms with Crippen LogP contribution in [0.5, 0.6) is 0 Å². The molecule has 18 heavy (non-hydrogen) atoms. The lowest BCUT2D eigenvalue weighted by atomic mass is 10.1. The first-order valence-electron chi connectivity index (χ1n) is 6.01. The van der Waals surface area contributed by atoms with Gasteiger partial charge < -0.3 is 5.73 Å². The second kappa shape index (κ2) is 4.90.